The molecule has 0 aliphatic carbocycles. The number of rotatable bonds is 7. The molecular weight excluding hydrogens is 578 g/mol. The number of benzene rings is 3. The number of urea groups is 1. The Bertz CT molecular complexity index is 1810. The zero-order valence-electron chi connectivity index (χ0n) is 25.9. The molecule has 0 bridgehead atoms. The van der Waals surface area contributed by atoms with E-state index in [2.05, 4.69) is 26.3 Å². The number of anilines is 4. The van der Waals surface area contributed by atoms with Crippen LogP contribution in [-0.4, -0.2) is 59.1 Å². The van der Waals surface area contributed by atoms with Crippen molar-refractivity contribution in [2.75, 3.05) is 59.9 Å². The Labute approximate surface area is 258 Å². The third-order valence-electron chi connectivity index (χ3n) is 7.57. The number of carbonyl (C=O) groups is 1. The number of carbonyl (C=O) groups excluding carboxylic acids is 1. The second kappa shape index (κ2) is 12.3. The van der Waals surface area contributed by atoms with Gasteiger partial charge < -0.3 is 25.0 Å². The number of methoxy groups -OCH3 is 1. The maximum absolute atomic E-state index is 13.4. The number of nitrogens with zero attached hydrogens (tertiary/aromatic N) is 2. The summed E-state index contributed by atoms with van der Waals surface area (Å²) in [7, 11) is -2.17. The van der Waals surface area contributed by atoms with Crippen LogP contribution in [0.4, 0.5) is 27.7 Å². The molecule has 10 nitrogen and oxygen atoms in total. The number of aromatic nitrogens is 1. The van der Waals surface area contributed by atoms with E-state index in [1.165, 1.54) is 7.11 Å². The monoisotopic (exact) mass is 617 g/mol. The van der Waals surface area contributed by atoms with Crippen LogP contribution in [-0.2, 0) is 20.2 Å². The maximum atomic E-state index is 13.4. The number of amides is 2. The molecule has 1 saturated heterocycles. The molecule has 1 aromatic heterocycles. The lowest BCUT2D eigenvalue weighted by molar-refractivity contribution is 0.122. The van der Waals surface area contributed by atoms with Crippen molar-refractivity contribution in [3.8, 4) is 16.9 Å². The van der Waals surface area contributed by atoms with E-state index in [0.29, 0.717) is 24.6 Å². The Kier molecular flexibility index (Phi) is 8.71. The highest BCUT2D eigenvalue weighted by atomic mass is 32.2. The summed E-state index contributed by atoms with van der Waals surface area (Å²) in [6.07, 6.45) is 1.07. The molecule has 2 amide bonds. The fourth-order valence-electron chi connectivity index (χ4n) is 5.37. The molecule has 4 aromatic rings. The lowest BCUT2D eigenvalue weighted by Crippen LogP contribution is -2.36. The van der Waals surface area contributed by atoms with Gasteiger partial charge in [-0.1, -0.05) is 51.1 Å². The van der Waals surface area contributed by atoms with E-state index >= 15 is 0 Å². The molecule has 3 aromatic carbocycles. The molecule has 0 atom stereocenters. The Morgan fingerprint density at radius 3 is 2.18 bits per heavy atom. The van der Waals surface area contributed by atoms with Crippen molar-refractivity contribution in [3.05, 3.63) is 71.9 Å². The lowest BCUT2D eigenvalue weighted by atomic mass is 9.86. The van der Waals surface area contributed by atoms with Gasteiger partial charge in [0.05, 0.1) is 43.6 Å². The molecule has 0 saturated carbocycles. The quantitative estimate of drug-likeness (QED) is 0.220. The van der Waals surface area contributed by atoms with E-state index in [1.54, 1.807) is 12.1 Å². The summed E-state index contributed by atoms with van der Waals surface area (Å²) in [6, 6.07) is 18.9. The first-order valence-corrected chi connectivity index (χ1v) is 16.3. The maximum Gasteiger partial charge on any atom is 0.323 e. The van der Waals surface area contributed by atoms with Crippen molar-refractivity contribution >= 4 is 49.7 Å². The van der Waals surface area contributed by atoms with Crippen LogP contribution >= 0.6 is 0 Å². The molecule has 232 valence electrons. The molecule has 3 N–H and O–H groups in total. The largest absolute Gasteiger partial charge is 0.492 e. The molecule has 11 heteroatoms. The highest BCUT2D eigenvalue weighted by Crippen LogP contribution is 2.40. The molecule has 44 heavy (non-hydrogen) atoms. The van der Waals surface area contributed by atoms with Crippen LogP contribution in [0.5, 0.6) is 5.75 Å². The van der Waals surface area contributed by atoms with Crippen LogP contribution in [0, 0.1) is 6.92 Å². The second-order valence-electron chi connectivity index (χ2n) is 11.9. The number of aryl methyl sites for hydroxylation is 1. The number of sulfonamides is 1. The number of morpholine rings is 1. The molecule has 1 fully saturated rings. The third-order valence-corrected chi connectivity index (χ3v) is 8.16. The predicted octanol–water partition coefficient (Wildman–Crippen LogP) is 6.37. The van der Waals surface area contributed by atoms with Gasteiger partial charge in [-0.05, 0) is 59.2 Å². The lowest BCUT2D eigenvalue weighted by Gasteiger charge is -2.28. The highest BCUT2D eigenvalue weighted by Gasteiger charge is 2.23. The van der Waals surface area contributed by atoms with E-state index < -0.39 is 16.1 Å². The fraction of sp³-hybridized carbons (Fsp3) is 0.333. The molecule has 1 aliphatic rings. The first-order chi connectivity index (χ1) is 20.8. The minimum Gasteiger partial charge on any atom is -0.492 e. The van der Waals surface area contributed by atoms with Gasteiger partial charge in [-0.3, -0.25) is 4.72 Å². The van der Waals surface area contributed by atoms with Crippen LogP contribution in [0.2, 0.25) is 0 Å². The number of hydrogen-bond donors (Lipinski definition) is 3. The first kappa shape index (κ1) is 31.1. The van der Waals surface area contributed by atoms with E-state index in [1.807, 2.05) is 70.2 Å². The molecule has 0 unspecified atom stereocenters. The fourth-order valence-corrected chi connectivity index (χ4v) is 5.92. The van der Waals surface area contributed by atoms with Gasteiger partial charge in [0.2, 0.25) is 10.0 Å². The first-order valence-electron chi connectivity index (χ1n) is 14.4. The molecule has 5 rings (SSSR count). The summed E-state index contributed by atoms with van der Waals surface area (Å²) in [5.41, 5.74) is 4.65. The average molecular weight is 618 g/mol. The number of hydrogen-bond acceptors (Lipinski definition) is 7. The second-order valence-corrected chi connectivity index (χ2v) is 13.7. The Balaban J connectivity index is 1.46. The van der Waals surface area contributed by atoms with Crippen LogP contribution in [0.25, 0.3) is 21.9 Å². The summed E-state index contributed by atoms with van der Waals surface area (Å²) >= 11 is 0. The van der Waals surface area contributed by atoms with Gasteiger partial charge in [-0.25, -0.2) is 18.2 Å². The minimum absolute atomic E-state index is 0.210. The van der Waals surface area contributed by atoms with Crippen molar-refractivity contribution in [3.63, 3.8) is 0 Å². The van der Waals surface area contributed by atoms with Crippen molar-refractivity contribution in [1.82, 2.24) is 4.98 Å². The topological polar surface area (TPSA) is 122 Å². The number of pyridine rings is 1. The van der Waals surface area contributed by atoms with Crippen molar-refractivity contribution < 1.29 is 22.7 Å². The summed E-state index contributed by atoms with van der Waals surface area (Å²) in [5.74, 6) is 1.15. The van der Waals surface area contributed by atoms with Crippen molar-refractivity contribution in [1.29, 1.82) is 0 Å². The van der Waals surface area contributed by atoms with Gasteiger partial charge in [-0.15, -0.1) is 0 Å². The SMILES string of the molecule is COc1c(NC(=O)Nc2ccc(-c3ccc(N4CCOCC4)nc3C)c3ccccc23)cc(C(C)(C)C)cc1NS(C)(=O)=O. The average Bonchev–Trinajstić information content (AvgIpc) is 2.96. The molecule has 1 aliphatic heterocycles. The molecule has 0 spiro atoms. The summed E-state index contributed by atoms with van der Waals surface area (Å²) in [4.78, 5) is 20.5. The van der Waals surface area contributed by atoms with Crippen LogP contribution in [0.15, 0.2) is 60.7 Å². The van der Waals surface area contributed by atoms with Gasteiger partial charge in [0, 0.05) is 29.7 Å². The van der Waals surface area contributed by atoms with Crippen LogP contribution < -0.4 is 25.0 Å². The van der Waals surface area contributed by atoms with Gasteiger partial charge in [-0.2, -0.15) is 0 Å². The summed E-state index contributed by atoms with van der Waals surface area (Å²) in [5, 5.41) is 7.69. The number of nitrogens with one attached hydrogen (secondary N) is 3. The van der Waals surface area contributed by atoms with Gasteiger partial charge in [0.1, 0.15) is 5.82 Å². The van der Waals surface area contributed by atoms with Crippen LogP contribution in [0.1, 0.15) is 32.0 Å². The minimum atomic E-state index is -3.60. The third kappa shape index (κ3) is 6.89. The zero-order chi connectivity index (χ0) is 31.6. The molecular formula is C33H39N5O5S. The van der Waals surface area contributed by atoms with Crippen molar-refractivity contribution in [2.24, 2.45) is 0 Å². The molecule has 2 heterocycles. The number of ether oxygens (including phenoxy) is 2. The standard InChI is InChI=1S/C33H39N5O5S/c1-21-23(12-14-30(34-21)38-15-17-43-18-16-38)25-11-13-27(26-10-8-7-9-24(25)26)35-32(39)36-28-19-22(33(2,3)4)20-29(31(28)42-5)37-44(6,40)41/h7-14,19-20,37H,15-18H2,1-6H3,(H2,35,36,39). The summed E-state index contributed by atoms with van der Waals surface area (Å²) in [6.45, 7) is 11.1. The van der Waals surface area contributed by atoms with E-state index in [-0.39, 0.29) is 16.9 Å². The van der Waals surface area contributed by atoms with Crippen LogP contribution in [0.3, 0.4) is 0 Å². The van der Waals surface area contributed by atoms with E-state index in [0.717, 1.165) is 58.3 Å². The number of fused-ring (bicyclic) bond motifs is 1. The zero-order valence-corrected chi connectivity index (χ0v) is 26.8. The highest BCUT2D eigenvalue weighted by molar-refractivity contribution is 7.92. The van der Waals surface area contributed by atoms with Gasteiger partial charge in [0.15, 0.2) is 5.75 Å². The molecule has 0 radical (unpaired) electrons. The van der Waals surface area contributed by atoms with E-state index in [9.17, 15) is 13.2 Å². The summed E-state index contributed by atoms with van der Waals surface area (Å²) < 4.78 is 37.7. The normalized spacial score (nSPS) is 13.9. The van der Waals surface area contributed by atoms with E-state index in [4.69, 9.17) is 14.5 Å². The Morgan fingerprint density at radius 1 is 0.909 bits per heavy atom. The van der Waals surface area contributed by atoms with Gasteiger partial charge in [0.25, 0.3) is 0 Å². The Hall–Kier alpha value is -4.35. The smallest absolute Gasteiger partial charge is 0.323 e. The Morgan fingerprint density at radius 2 is 1.55 bits per heavy atom. The van der Waals surface area contributed by atoms with Gasteiger partial charge >= 0.3 is 6.03 Å². The predicted molar refractivity (Wildman–Crippen MR) is 178 cm³/mol. The van der Waals surface area contributed by atoms with Crippen molar-refractivity contribution in [2.45, 2.75) is 33.1 Å².